The molecule has 0 saturated heterocycles. The van der Waals surface area contributed by atoms with Gasteiger partial charge in [-0.2, -0.15) is 0 Å². The van der Waals surface area contributed by atoms with Crippen molar-refractivity contribution in [2.45, 2.75) is 6.92 Å². The Hall–Kier alpha value is -2.53. The molecule has 2 aromatic carbocycles. The van der Waals surface area contributed by atoms with Gasteiger partial charge in [0.1, 0.15) is 11.3 Å². The molecule has 0 aliphatic rings. The number of aryl methyl sites for hydroxylation is 1. The maximum Gasteiger partial charge on any atom is 0.339 e. The molecule has 0 aliphatic heterocycles. The molecule has 0 fully saturated rings. The van der Waals surface area contributed by atoms with Crippen LogP contribution in [0.15, 0.2) is 42.5 Å². The summed E-state index contributed by atoms with van der Waals surface area (Å²) in [7, 11) is 0. The summed E-state index contributed by atoms with van der Waals surface area (Å²) < 4.78 is 5.26. The zero-order valence-corrected chi connectivity index (χ0v) is 12.6. The fourth-order valence-electron chi connectivity index (χ4n) is 1.77. The van der Waals surface area contributed by atoms with E-state index in [0.29, 0.717) is 5.69 Å². The lowest BCUT2D eigenvalue weighted by atomic mass is 10.2. The fraction of sp³-hybridized carbons (Fsp3) is 0.125. The maximum atomic E-state index is 11.8. The zero-order valence-electron chi connectivity index (χ0n) is 11.8. The molecule has 0 atom stereocenters. The Bertz CT molecular complexity index is 698. The van der Waals surface area contributed by atoms with Crippen LogP contribution in [0.2, 0.25) is 5.02 Å². The first-order valence-corrected chi connectivity index (χ1v) is 6.85. The molecule has 0 unspecified atom stereocenters. The van der Waals surface area contributed by atoms with E-state index < -0.39 is 5.97 Å². The van der Waals surface area contributed by atoms with Crippen LogP contribution in [0.4, 0.5) is 5.69 Å². The number of carbonyl (C=O) groups is 2. The second-order valence-electron chi connectivity index (χ2n) is 4.65. The van der Waals surface area contributed by atoms with Crippen LogP contribution in [-0.2, 0) is 4.79 Å². The number of halogens is 1. The highest BCUT2D eigenvalue weighted by Gasteiger charge is 2.13. The monoisotopic (exact) mass is 319 g/mol. The van der Waals surface area contributed by atoms with Gasteiger partial charge in [0.05, 0.1) is 0 Å². The SMILES string of the molecule is Cc1ccc(NC(=O)COc2ccc(Cl)cc2C(=O)O)cc1. The van der Waals surface area contributed by atoms with Crippen LogP contribution in [0.5, 0.6) is 5.75 Å². The molecule has 0 aliphatic carbocycles. The number of ether oxygens (including phenoxy) is 1. The van der Waals surface area contributed by atoms with E-state index in [1.807, 2.05) is 19.1 Å². The Morgan fingerprint density at radius 2 is 1.86 bits per heavy atom. The average Bonchev–Trinajstić information content (AvgIpc) is 2.48. The van der Waals surface area contributed by atoms with Crippen molar-refractivity contribution in [1.29, 1.82) is 0 Å². The van der Waals surface area contributed by atoms with E-state index in [0.717, 1.165) is 5.56 Å². The number of carboxylic acids is 1. The summed E-state index contributed by atoms with van der Waals surface area (Å²) in [6, 6.07) is 11.5. The Kier molecular flexibility index (Phi) is 5.01. The fourth-order valence-corrected chi connectivity index (χ4v) is 1.94. The quantitative estimate of drug-likeness (QED) is 0.886. The number of benzene rings is 2. The molecular weight excluding hydrogens is 306 g/mol. The topological polar surface area (TPSA) is 75.6 Å². The Labute approximate surface area is 132 Å². The minimum atomic E-state index is -1.17. The Balaban J connectivity index is 1.99. The maximum absolute atomic E-state index is 11.8. The van der Waals surface area contributed by atoms with Gasteiger partial charge in [0.2, 0.25) is 0 Å². The highest BCUT2D eigenvalue weighted by molar-refractivity contribution is 6.31. The largest absolute Gasteiger partial charge is 0.483 e. The van der Waals surface area contributed by atoms with Gasteiger partial charge in [0, 0.05) is 10.7 Å². The molecule has 0 aromatic heterocycles. The molecule has 6 heteroatoms. The van der Waals surface area contributed by atoms with Gasteiger partial charge < -0.3 is 15.2 Å². The molecule has 0 spiro atoms. The number of carbonyl (C=O) groups excluding carboxylic acids is 1. The molecule has 2 N–H and O–H groups in total. The Morgan fingerprint density at radius 3 is 2.50 bits per heavy atom. The predicted octanol–water partition coefficient (Wildman–Crippen LogP) is 3.36. The van der Waals surface area contributed by atoms with Crippen molar-refractivity contribution in [2.24, 2.45) is 0 Å². The standard InChI is InChI=1S/C16H14ClNO4/c1-10-2-5-12(6-3-10)18-15(19)9-22-14-7-4-11(17)8-13(14)16(20)21/h2-8H,9H2,1H3,(H,18,19)(H,20,21). The van der Waals surface area contributed by atoms with Crippen molar-refractivity contribution in [2.75, 3.05) is 11.9 Å². The number of hydrogen-bond donors (Lipinski definition) is 2. The third kappa shape index (κ3) is 4.23. The van der Waals surface area contributed by atoms with Crippen LogP contribution in [-0.4, -0.2) is 23.6 Å². The van der Waals surface area contributed by atoms with Crippen LogP contribution in [0, 0.1) is 6.92 Å². The van der Waals surface area contributed by atoms with E-state index in [1.54, 1.807) is 12.1 Å². The molecule has 22 heavy (non-hydrogen) atoms. The van der Waals surface area contributed by atoms with Crippen LogP contribution in [0.1, 0.15) is 15.9 Å². The normalized spacial score (nSPS) is 10.1. The molecular formula is C16H14ClNO4. The first kappa shape index (κ1) is 15.9. The van der Waals surface area contributed by atoms with E-state index in [2.05, 4.69) is 5.32 Å². The minimum Gasteiger partial charge on any atom is -0.483 e. The van der Waals surface area contributed by atoms with Crippen molar-refractivity contribution in [3.05, 3.63) is 58.6 Å². The van der Waals surface area contributed by atoms with Crippen LogP contribution >= 0.6 is 11.6 Å². The van der Waals surface area contributed by atoms with E-state index in [4.69, 9.17) is 21.4 Å². The highest BCUT2D eigenvalue weighted by atomic mass is 35.5. The van der Waals surface area contributed by atoms with Crippen LogP contribution in [0.3, 0.4) is 0 Å². The van der Waals surface area contributed by atoms with Gasteiger partial charge in [-0.25, -0.2) is 4.79 Å². The van der Waals surface area contributed by atoms with Gasteiger partial charge in [-0.05, 0) is 37.3 Å². The summed E-state index contributed by atoms with van der Waals surface area (Å²) in [5.41, 5.74) is 1.64. The lowest BCUT2D eigenvalue weighted by molar-refractivity contribution is -0.118. The molecule has 114 valence electrons. The highest BCUT2D eigenvalue weighted by Crippen LogP contribution is 2.23. The molecule has 5 nitrogen and oxygen atoms in total. The zero-order chi connectivity index (χ0) is 16.1. The smallest absolute Gasteiger partial charge is 0.339 e. The second-order valence-corrected chi connectivity index (χ2v) is 5.08. The lowest BCUT2D eigenvalue weighted by Gasteiger charge is -2.10. The van der Waals surface area contributed by atoms with Crippen molar-refractivity contribution in [3.8, 4) is 5.75 Å². The van der Waals surface area contributed by atoms with Gasteiger partial charge >= 0.3 is 5.97 Å². The lowest BCUT2D eigenvalue weighted by Crippen LogP contribution is -2.20. The average molecular weight is 320 g/mol. The molecule has 2 rings (SSSR count). The third-order valence-corrected chi connectivity index (χ3v) is 3.10. The first-order valence-electron chi connectivity index (χ1n) is 6.48. The predicted molar refractivity (Wildman–Crippen MR) is 83.7 cm³/mol. The number of aromatic carboxylic acids is 1. The van der Waals surface area contributed by atoms with Crippen LogP contribution < -0.4 is 10.1 Å². The molecule has 0 heterocycles. The number of nitrogens with one attached hydrogen (secondary N) is 1. The van der Waals surface area contributed by atoms with Crippen molar-refractivity contribution in [3.63, 3.8) is 0 Å². The van der Waals surface area contributed by atoms with Gasteiger partial charge in [0.15, 0.2) is 6.61 Å². The summed E-state index contributed by atoms with van der Waals surface area (Å²) in [5, 5.41) is 12.0. The molecule has 0 radical (unpaired) electrons. The number of anilines is 1. The van der Waals surface area contributed by atoms with Crippen molar-refractivity contribution < 1.29 is 19.4 Å². The third-order valence-electron chi connectivity index (χ3n) is 2.87. The van der Waals surface area contributed by atoms with Gasteiger partial charge in [0.25, 0.3) is 5.91 Å². The van der Waals surface area contributed by atoms with E-state index in [1.165, 1.54) is 18.2 Å². The number of hydrogen-bond acceptors (Lipinski definition) is 3. The molecule has 1 amide bonds. The Morgan fingerprint density at radius 1 is 1.18 bits per heavy atom. The summed E-state index contributed by atoms with van der Waals surface area (Å²) in [4.78, 5) is 22.9. The van der Waals surface area contributed by atoms with E-state index >= 15 is 0 Å². The number of carboxylic acid groups (broad SMARTS) is 1. The number of rotatable bonds is 5. The number of amides is 1. The van der Waals surface area contributed by atoms with Gasteiger partial charge in [-0.1, -0.05) is 29.3 Å². The van der Waals surface area contributed by atoms with Gasteiger partial charge in [-0.15, -0.1) is 0 Å². The summed E-state index contributed by atoms with van der Waals surface area (Å²) in [6.07, 6.45) is 0. The molecule has 0 saturated carbocycles. The van der Waals surface area contributed by atoms with Crippen molar-refractivity contribution >= 4 is 29.2 Å². The summed E-state index contributed by atoms with van der Waals surface area (Å²) in [5.74, 6) is -1.46. The summed E-state index contributed by atoms with van der Waals surface area (Å²) >= 11 is 5.75. The first-order chi connectivity index (χ1) is 10.5. The van der Waals surface area contributed by atoms with Crippen molar-refractivity contribution in [1.82, 2.24) is 0 Å². The van der Waals surface area contributed by atoms with Crippen LogP contribution in [0.25, 0.3) is 0 Å². The molecule has 2 aromatic rings. The molecule has 0 bridgehead atoms. The summed E-state index contributed by atoms with van der Waals surface area (Å²) in [6.45, 7) is 1.65. The minimum absolute atomic E-state index is 0.0874. The van der Waals surface area contributed by atoms with Gasteiger partial charge in [-0.3, -0.25) is 4.79 Å². The van der Waals surface area contributed by atoms with E-state index in [-0.39, 0.29) is 28.8 Å². The second kappa shape index (κ2) is 6.95. The van der Waals surface area contributed by atoms with E-state index in [9.17, 15) is 9.59 Å².